The van der Waals surface area contributed by atoms with Crippen molar-refractivity contribution in [1.29, 1.82) is 0 Å². The molecular weight excluding hydrogens is 266 g/mol. The Hall–Kier alpha value is -1.72. The predicted molar refractivity (Wildman–Crippen MR) is 79.6 cm³/mol. The maximum absolute atomic E-state index is 9.18. The first-order valence-corrected chi connectivity index (χ1v) is 7.51. The molecule has 0 spiro atoms. The lowest BCUT2D eigenvalue weighted by molar-refractivity contribution is 0.0838. The van der Waals surface area contributed by atoms with E-state index in [1.54, 1.807) is 0 Å². The van der Waals surface area contributed by atoms with Gasteiger partial charge in [-0.05, 0) is 19.8 Å². The fourth-order valence-corrected chi connectivity index (χ4v) is 2.58. The van der Waals surface area contributed by atoms with Gasteiger partial charge in [0, 0.05) is 18.2 Å². The topological polar surface area (TPSA) is 62.4 Å². The molecule has 2 aromatic rings. The SMILES string of the molecule is Cc1ccc(-c2noc(CN(CCO)C3CCC3)n2)cc1. The molecule has 0 unspecified atom stereocenters. The number of aromatic nitrogens is 2. The van der Waals surface area contributed by atoms with Gasteiger partial charge in [0.15, 0.2) is 0 Å². The number of aliphatic hydroxyl groups excluding tert-OH is 1. The van der Waals surface area contributed by atoms with Gasteiger partial charge in [-0.25, -0.2) is 0 Å². The van der Waals surface area contributed by atoms with Crippen LogP contribution in [0.5, 0.6) is 0 Å². The van der Waals surface area contributed by atoms with E-state index in [-0.39, 0.29) is 6.61 Å². The van der Waals surface area contributed by atoms with Crippen molar-refractivity contribution in [2.45, 2.75) is 38.8 Å². The van der Waals surface area contributed by atoms with Gasteiger partial charge in [-0.3, -0.25) is 4.90 Å². The summed E-state index contributed by atoms with van der Waals surface area (Å²) in [6.07, 6.45) is 3.66. The van der Waals surface area contributed by atoms with Gasteiger partial charge < -0.3 is 9.63 Å². The highest BCUT2D eigenvalue weighted by Gasteiger charge is 2.26. The molecule has 1 heterocycles. The summed E-state index contributed by atoms with van der Waals surface area (Å²) in [5.74, 6) is 1.24. The Morgan fingerprint density at radius 3 is 2.67 bits per heavy atom. The summed E-state index contributed by atoms with van der Waals surface area (Å²) < 4.78 is 5.36. The second-order valence-electron chi connectivity index (χ2n) is 5.66. The van der Waals surface area contributed by atoms with Crippen LogP contribution >= 0.6 is 0 Å². The third-order valence-electron chi connectivity index (χ3n) is 4.09. The third-order valence-corrected chi connectivity index (χ3v) is 4.09. The standard InChI is InChI=1S/C16H21N3O2/c1-12-5-7-13(8-6-12)16-17-15(21-18-16)11-19(9-10-20)14-3-2-4-14/h5-8,14,20H,2-4,9-11H2,1H3. The Morgan fingerprint density at radius 2 is 2.05 bits per heavy atom. The Morgan fingerprint density at radius 1 is 1.29 bits per heavy atom. The number of aryl methyl sites for hydroxylation is 1. The Balaban J connectivity index is 1.70. The first kappa shape index (κ1) is 14.2. The number of hydrogen-bond donors (Lipinski definition) is 1. The molecule has 1 aliphatic carbocycles. The number of rotatable bonds is 6. The summed E-state index contributed by atoms with van der Waals surface area (Å²) in [6, 6.07) is 8.63. The maximum Gasteiger partial charge on any atom is 0.241 e. The first-order valence-electron chi connectivity index (χ1n) is 7.51. The highest BCUT2D eigenvalue weighted by Crippen LogP contribution is 2.26. The molecule has 1 aliphatic rings. The number of nitrogens with zero attached hydrogens (tertiary/aromatic N) is 3. The zero-order valence-electron chi connectivity index (χ0n) is 12.3. The van der Waals surface area contributed by atoms with E-state index in [1.807, 2.05) is 24.3 Å². The molecule has 5 heteroatoms. The van der Waals surface area contributed by atoms with Crippen LogP contribution in [0.2, 0.25) is 0 Å². The third kappa shape index (κ3) is 3.31. The normalized spacial score (nSPS) is 15.4. The van der Waals surface area contributed by atoms with Crippen LogP contribution in [-0.2, 0) is 6.54 Å². The van der Waals surface area contributed by atoms with Gasteiger partial charge in [0.25, 0.3) is 0 Å². The summed E-state index contributed by atoms with van der Waals surface area (Å²) in [4.78, 5) is 6.70. The molecule has 1 N–H and O–H groups in total. The van der Waals surface area contributed by atoms with E-state index >= 15 is 0 Å². The van der Waals surface area contributed by atoms with E-state index in [0.29, 0.717) is 30.8 Å². The van der Waals surface area contributed by atoms with Gasteiger partial charge in [-0.15, -0.1) is 0 Å². The van der Waals surface area contributed by atoms with Gasteiger partial charge >= 0.3 is 0 Å². The lowest BCUT2D eigenvalue weighted by atomic mass is 9.91. The molecule has 0 radical (unpaired) electrons. The fourth-order valence-electron chi connectivity index (χ4n) is 2.58. The van der Waals surface area contributed by atoms with Crippen molar-refractivity contribution in [3.05, 3.63) is 35.7 Å². The molecule has 1 aromatic heterocycles. The molecule has 0 saturated heterocycles. The zero-order valence-corrected chi connectivity index (χ0v) is 12.3. The average Bonchev–Trinajstić information content (AvgIpc) is 2.86. The summed E-state index contributed by atoms with van der Waals surface area (Å²) in [5, 5.41) is 13.2. The van der Waals surface area contributed by atoms with Crippen LogP contribution in [0.4, 0.5) is 0 Å². The summed E-state index contributed by atoms with van der Waals surface area (Å²) in [6.45, 7) is 3.49. The molecule has 0 atom stereocenters. The van der Waals surface area contributed by atoms with Crippen LogP contribution in [0.1, 0.15) is 30.7 Å². The van der Waals surface area contributed by atoms with Crippen LogP contribution in [0.25, 0.3) is 11.4 Å². The highest BCUT2D eigenvalue weighted by molar-refractivity contribution is 5.54. The van der Waals surface area contributed by atoms with E-state index < -0.39 is 0 Å². The predicted octanol–water partition coefficient (Wildman–Crippen LogP) is 2.39. The van der Waals surface area contributed by atoms with Crippen LogP contribution in [0.3, 0.4) is 0 Å². The first-order chi connectivity index (χ1) is 10.3. The largest absolute Gasteiger partial charge is 0.395 e. The minimum Gasteiger partial charge on any atom is -0.395 e. The monoisotopic (exact) mass is 287 g/mol. The molecule has 5 nitrogen and oxygen atoms in total. The van der Waals surface area contributed by atoms with Crippen molar-refractivity contribution in [3.63, 3.8) is 0 Å². The number of hydrogen-bond acceptors (Lipinski definition) is 5. The van der Waals surface area contributed by atoms with Crippen molar-refractivity contribution < 1.29 is 9.63 Å². The molecule has 112 valence electrons. The van der Waals surface area contributed by atoms with E-state index in [9.17, 15) is 5.11 Å². The Labute approximate surface area is 124 Å². The fraction of sp³-hybridized carbons (Fsp3) is 0.500. The number of aliphatic hydroxyl groups is 1. The minimum absolute atomic E-state index is 0.162. The van der Waals surface area contributed by atoms with Gasteiger partial charge in [-0.1, -0.05) is 41.4 Å². The number of benzene rings is 1. The molecular formula is C16H21N3O2. The quantitative estimate of drug-likeness (QED) is 0.884. The van der Waals surface area contributed by atoms with Crippen LogP contribution in [0.15, 0.2) is 28.8 Å². The van der Waals surface area contributed by atoms with E-state index in [2.05, 4.69) is 22.0 Å². The van der Waals surface area contributed by atoms with Crippen molar-refractivity contribution in [2.24, 2.45) is 0 Å². The zero-order chi connectivity index (χ0) is 14.7. The van der Waals surface area contributed by atoms with Gasteiger partial charge in [-0.2, -0.15) is 4.98 Å². The van der Waals surface area contributed by atoms with Crippen LogP contribution < -0.4 is 0 Å². The lowest BCUT2D eigenvalue weighted by Crippen LogP contribution is -2.41. The summed E-state index contributed by atoms with van der Waals surface area (Å²) in [5.41, 5.74) is 2.18. The molecule has 1 fully saturated rings. The Kier molecular flexibility index (Phi) is 4.31. The summed E-state index contributed by atoms with van der Waals surface area (Å²) >= 11 is 0. The van der Waals surface area contributed by atoms with E-state index in [4.69, 9.17) is 4.52 Å². The molecule has 3 rings (SSSR count). The second-order valence-corrected chi connectivity index (χ2v) is 5.66. The lowest BCUT2D eigenvalue weighted by Gasteiger charge is -2.36. The minimum atomic E-state index is 0.162. The van der Waals surface area contributed by atoms with Crippen LogP contribution in [0, 0.1) is 6.92 Å². The van der Waals surface area contributed by atoms with E-state index in [0.717, 1.165) is 5.56 Å². The molecule has 1 saturated carbocycles. The Bertz CT molecular complexity index is 575. The van der Waals surface area contributed by atoms with Gasteiger partial charge in [0.1, 0.15) is 0 Å². The second kappa shape index (κ2) is 6.37. The van der Waals surface area contributed by atoms with Crippen molar-refractivity contribution in [1.82, 2.24) is 15.0 Å². The van der Waals surface area contributed by atoms with Crippen molar-refractivity contribution >= 4 is 0 Å². The molecule has 21 heavy (non-hydrogen) atoms. The van der Waals surface area contributed by atoms with E-state index in [1.165, 1.54) is 24.8 Å². The smallest absolute Gasteiger partial charge is 0.241 e. The highest BCUT2D eigenvalue weighted by atomic mass is 16.5. The van der Waals surface area contributed by atoms with Crippen molar-refractivity contribution in [2.75, 3.05) is 13.2 Å². The van der Waals surface area contributed by atoms with Gasteiger partial charge in [0.2, 0.25) is 11.7 Å². The molecule has 0 bridgehead atoms. The van der Waals surface area contributed by atoms with Gasteiger partial charge in [0.05, 0.1) is 13.2 Å². The van der Waals surface area contributed by atoms with Crippen molar-refractivity contribution in [3.8, 4) is 11.4 Å². The molecule has 0 aliphatic heterocycles. The maximum atomic E-state index is 9.18. The molecule has 1 aromatic carbocycles. The average molecular weight is 287 g/mol. The molecule has 0 amide bonds. The summed E-state index contributed by atoms with van der Waals surface area (Å²) in [7, 11) is 0. The van der Waals surface area contributed by atoms with Crippen LogP contribution in [-0.4, -0.2) is 39.3 Å².